The smallest absolute Gasteiger partial charge is 0.258 e. The zero-order chi connectivity index (χ0) is 26.7. The molecule has 4 rings (SSSR count). The Morgan fingerprint density at radius 3 is 2.30 bits per heavy atom. The summed E-state index contributed by atoms with van der Waals surface area (Å²) in [6.45, 7) is 1.80. The van der Waals surface area contributed by atoms with Crippen molar-refractivity contribution in [3.05, 3.63) is 106 Å². The van der Waals surface area contributed by atoms with Crippen molar-refractivity contribution in [1.29, 1.82) is 0 Å². The van der Waals surface area contributed by atoms with Gasteiger partial charge in [-0.1, -0.05) is 35.9 Å². The van der Waals surface area contributed by atoms with Gasteiger partial charge in [0.25, 0.3) is 11.8 Å². The lowest BCUT2D eigenvalue weighted by Crippen LogP contribution is -2.19. The largest absolute Gasteiger partial charge is 0.321 e. The number of carbonyl (C=O) groups is 2. The standard InChI is InChI=1S/C27H21BrFN3O4S/c1-16-7-11-23(21(13-16)27(34)32-25-12-9-18(28)15-30-25)31-26(33)20-10-8-17(14-22(20)29)19-5-3-4-6-24(19)37(2,35)36/h3-15H,1-2H3,(H,31,33)(H,30,32,34). The van der Waals surface area contributed by atoms with Gasteiger partial charge in [0, 0.05) is 22.5 Å². The zero-order valence-electron chi connectivity index (χ0n) is 19.7. The maximum Gasteiger partial charge on any atom is 0.258 e. The van der Waals surface area contributed by atoms with Crippen LogP contribution in [0.5, 0.6) is 0 Å². The van der Waals surface area contributed by atoms with Crippen molar-refractivity contribution in [1.82, 2.24) is 4.98 Å². The minimum atomic E-state index is -3.55. The first-order valence-electron chi connectivity index (χ1n) is 11.0. The number of pyridine rings is 1. The van der Waals surface area contributed by atoms with Gasteiger partial charge in [-0.3, -0.25) is 9.59 Å². The average molecular weight is 582 g/mol. The van der Waals surface area contributed by atoms with Crippen LogP contribution < -0.4 is 10.6 Å². The van der Waals surface area contributed by atoms with Gasteiger partial charge in [-0.2, -0.15) is 0 Å². The summed E-state index contributed by atoms with van der Waals surface area (Å²) >= 11 is 3.28. The van der Waals surface area contributed by atoms with Crippen molar-refractivity contribution in [2.75, 3.05) is 16.9 Å². The highest BCUT2D eigenvalue weighted by Gasteiger charge is 2.20. The minimum Gasteiger partial charge on any atom is -0.321 e. The van der Waals surface area contributed by atoms with Gasteiger partial charge in [-0.25, -0.2) is 17.8 Å². The van der Waals surface area contributed by atoms with Crippen LogP contribution in [-0.2, 0) is 9.84 Å². The van der Waals surface area contributed by atoms with Gasteiger partial charge in [0.15, 0.2) is 9.84 Å². The molecule has 0 spiro atoms. The number of rotatable bonds is 6. The number of nitrogens with one attached hydrogen (secondary N) is 2. The predicted molar refractivity (Wildman–Crippen MR) is 144 cm³/mol. The molecular formula is C27H21BrFN3O4S. The van der Waals surface area contributed by atoms with Crippen molar-refractivity contribution in [2.24, 2.45) is 0 Å². The molecule has 1 heterocycles. The topological polar surface area (TPSA) is 105 Å². The number of amides is 2. The third-order valence-electron chi connectivity index (χ3n) is 5.45. The molecule has 0 saturated heterocycles. The van der Waals surface area contributed by atoms with Crippen molar-refractivity contribution in [2.45, 2.75) is 11.8 Å². The normalized spacial score (nSPS) is 11.1. The second kappa shape index (κ2) is 10.6. The Kier molecular flexibility index (Phi) is 7.51. The van der Waals surface area contributed by atoms with Crippen LogP contribution in [0.2, 0.25) is 0 Å². The highest BCUT2D eigenvalue weighted by Crippen LogP contribution is 2.29. The van der Waals surface area contributed by atoms with Crippen LogP contribution in [0.3, 0.4) is 0 Å². The summed E-state index contributed by atoms with van der Waals surface area (Å²) in [5.74, 6) is -1.78. The van der Waals surface area contributed by atoms with E-state index in [4.69, 9.17) is 0 Å². The number of aryl methyl sites for hydroxylation is 1. The van der Waals surface area contributed by atoms with Gasteiger partial charge in [0.2, 0.25) is 0 Å². The molecule has 188 valence electrons. The van der Waals surface area contributed by atoms with E-state index in [0.717, 1.165) is 22.4 Å². The van der Waals surface area contributed by atoms with Crippen molar-refractivity contribution < 1.29 is 22.4 Å². The summed E-state index contributed by atoms with van der Waals surface area (Å²) in [5, 5.41) is 5.28. The molecule has 0 aliphatic heterocycles. The molecule has 0 radical (unpaired) electrons. The molecule has 0 bridgehead atoms. The number of carbonyl (C=O) groups excluding carboxylic acids is 2. The first-order valence-corrected chi connectivity index (χ1v) is 13.7. The number of nitrogens with zero attached hydrogens (tertiary/aromatic N) is 1. The maximum atomic E-state index is 15.1. The number of anilines is 2. The zero-order valence-corrected chi connectivity index (χ0v) is 22.2. The highest BCUT2D eigenvalue weighted by molar-refractivity contribution is 9.10. The third-order valence-corrected chi connectivity index (χ3v) is 7.07. The molecule has 0 aliphatic carbocycles. The number of halogens is 2. The molecule has 1 aromatic heterocycles. The van der Waals surface area contributed by atoms with Crippen molar-refractivity contribution >= 4 is 49.1 Å². The molecule has 4 aromatic rings. The molecule has 0 saturated carbocycles. The molecule has 37 heavy (non-hydrogen) atoms. The predicted octanol–water partition coefficient (Wildman–Crippen LogP) is 5.87. The number of hydrogen-bond donors (Lipinski definition) is 2. The second-order valence-corrected chi connectivity index (χ2v) is 11.2. The summed E-state index contributed by atoms with van der Waals surface area (Å²) < 4.78 is 40.1. The number of hydrogen-bond acceptors (Lipinski definition) is 5. The fourth-order valence-corrected chi connectivity index (χ4v) is 4.82. The lowest BCUT2D eigenvalue weighted by Gasteiger charge is -2.13. The molecule has 0 aliphatic rings. The van der Waals surface area contributed by atoms with E-state index in [2.05, 4.69) is 31.5 Å². The molecule has 3 aromatic carbocycles. The van der Waals surface area contributed by atoms with Gasteiger partial charge in [0.05, 0.1) is 21.7 Å². The molecule has 10 heteroatoms. The van der Waals surface area contributed by atoms with Gasteiger partial charge in [-0.05, 0) is 70.9 Å². The molecule has 0 atom stereocenters. The Labute approximate surface area is 221 Å². The summed E-state index contributed by atoms with van der Waals surface area (Å²) in [6, 6.07) is 18.3. The third kappa shape index (κ3) is 6.10. The molecule has 0 fully saturated rings. The Bertz CT molecular complexity index is 1620. The van der Waals surface area contributed by atoms with Crippen LogP contribution in [0, 0.1) is 12.7 Å². The molecule has 7 nitrogen and oxygen atoms in total. The Morgan fingerprint density at radius 1 is 0.892 bits per heavy atom. The minimum absolute atomic E-state index is 0.0576. The van der Waals surface area contributed by atoms with E-state index < -0.39 is 27.5 Å². The van der Waals surface area contributed by atoms with E-state index in [0.29, 0.717) is 16.9 Å². The van der Waals surface area contributed by atoms with E-state index in [1.807, 2.05) is 0 Å². The monoisotopic (exact) mass is 581 g/mol. The van der Waals surface area contributed by atoms with Gasteiger partial charge < -0.3 is 10.6 Å². The van der Waals surface area contributed by atoms with E-state index in [1.54, 1.807) is 55.5 Å². The molecule has 0 unspecified atom stereocenters. The number of aromatic nitrogens is 1. The van der Waals surface area contributed by atoms with Gasteiger partial charge >= 0.3 is 0 Å². The fourth-order valence-electron chi connectivity index (χ4n) is 3.67. The molecular weight excluding hydrogens is 561 g/mol. The van der Waals surface area contributed by atoms with Crippen LogP contribution in [0.25, 0.3) is 11.1 Å². The highest BCUT2D eigenvalue weighted by atomic mass is 79.9. The van der Waals surface area contributed by atoms with Gasteiger partial charge in [-0.15, -0.1) is 0 Å². The van der Waals surface area contributed by atoms with Crippen LogP contribution in [-0.4, -0.2) is 31.5 Å². The first-order chi connectivity index (χ1) is 17.5. The Morgan fingerprint density at radius 2 is 1.62 bits per heavy atom. The Hall–Kier alpha value is -3.89. The first kappa shape index (κ1) is 26.2. The van der Waals surface area contributed by atoms with Crippen molar-refractivity contribution in [3.8, 4) is 11.1 Å². The molecule has 2 N–H and O–H groups in total. The van der Waals surface area contributed by atoms with E-state index in [1.165, 1.54) is 24.4 Å². The maximum absolute atomic E-state index is 15.1. The summed E-state index contributed by atoms with van der Waals surface area (Å²) in [5.41, 5.74) is 1.53. The summed E-state index contributed by atoms with van der Waals surface area (Å²) in [4.78, 5) is 30.1. The second-order valence-electron chi connectivity index (χ2n) is 8.28. The van der Waals surface area contributed by atoms with Crippen LogP contribution in [0.4, 0.5) is 15.9 Å². The quantitative estimate of drug-likeness (QED) is 0.296. The number of benzene rings is 3. The lowest BCUT2D eigenvalue weighted by molar-refractivity contribution is 0.102. The SMILES string of the molecule is Cc1ccc(NC(=O)c2ccc(-c3ccccc3S(C)(=O)=O)cc2F)c(C(=O)Nc2ccc(Br)cn2)c1. The van der Waals surface area contributed by atoms with Crippen LogP contribution in [0.1, 0.15) is 26.3 Å². The number of sulfone groups is 1. The summed E-state index contributed by atoms with van der Waals surface area (Å²) in [7, 11) is -3.55. The fraction of sp³-hybridized carbons (Fsp3) is 0.0741. The van der Waals surface area contributed by atoms with Crippen LogP contribution >= 0.6 is 15.9 Å². The van der Waals surface area contributed by atoms with Crippen molar-refractivity contribution in [3.63, 3.8) is 0 Å². The molecule has 2 amide bonds. The van der Waals surface area contributed by atoms with E-state index >= 15 is 4.39 Å². The van der Waals surface area contributed by atoms with E-state index in [9.17, 15) is 18.0 Å². The Balaban J connectivity index is 1.61. The average Bonchev–Trinajstić information content (AvgIpc) is 2.85. The lowest BCUT2D eigenvalue weighted by atomic mass is 10.0. The van der Waals surface area contributed by atoms with E-state index in [-0.39, 0.29) is 21.7 Å². The van der Waals surface area contributed by atoms with Gasteiger partial charge in [0.1, 0.15) is 11.6 Å². The summed E-state index contributed by atoms with van der Waals surface area (Å²) in [6.07, 6.45) is 2.61. The van der Waals surface area contributed by atoms with Crippen LogP contribution in [0.15, 0.2) is 88.4 Å².